The number of nitrogens with one attached hydrogen (secondary N) is 1. The number of halogens is 1. The highest BCUT2D eigenvalue weighted by atomic mass is 79.9. The summed E-state index contributed by atoms with van der Waals surface area (Å²) in [4.78, 5) is 9.84. The van der Waals surface area contributed by atoms with Crippen molar-refractivity contribution in [3.8, 4) is 5.75 Å². The number of aromatic nitrogens is 2. The number of fused-ring (bicyclic) bond motifs is 1. The molecule has 3 N–H and O–H groups in total. The quantitative estimate of drug-likeness (QED) is 0.667. The normalized spacial score (nSPS) is 10.7. The first-order valence-corrected chi connectivity index (χ1v) is 8.11. The van der Waals surface area contributed by atoms with Gasteiger partial charge in [0.2, 0.25) is 5.95 Å². The summed E-state index contributed by atoms with van der Waals surface area (Å²) in [5, 5.41) is 9.62. The molecule has 0 unspecified atom stereocenters. The van der Waals surface area contributed by atoms with Crippen molar-refractivity contribution in [1.82, 2.24) is 9.97 Å². The molecule has 0 fully saturated rings. The predicted molar refractivity (Wildman–Crippen MR) is 93.6 cm³/mol. The van der Waals surface area contributed by atoms with Crippen LogP contribution in [0.2, 0.25) is 0 Å². The molecule has 0 aliphatic rings. The average Bonchev–Trinajstić information content (AvgIpc) is 2.55. The Morgan fingerprint density at radius 2 is 2.00 bits per heavy atom. The number of methoxy groups -OCH3 is 1. The van der Waals surface area contributed by atoms with Crippen molar-refractivity contribution >= 4 is 50.4 Å². The van der Waals surface area contributed by atoms with E-state index in [2.05, 4.69) is 31.2 Å². The second kappa shape index (κ2) is 6.51. The number of rotatable bonds is 4. The topological polar surface area (TPSA) is 73.1 Å². The Kier molecular flexibility index (Phi) is 4.47. The van der Waals surface area contributed by atoms with Crippen molar-refractivity contribution in [2.75, 3.05) is 12.4 Å². The minimum atomic E-state index is 0.532. The lowest BCUT2D eigenvalue weighted by Gasteiger charge is -2.08. The highest BCUT2D eigenvalue weighted by Crippen LogP contribution is 2.29. The van der Waals surface area contributed by atoms with E-state index >= 15 is 0 Å². The summed E-state index contributed by atoms with van der Waals surface area (Å²) >= 11 is 4.67. The van der Waals surface area contributed by atoms with Crippen LogP contribution in [0.15, 0.2) is 52.0 Å². The van der Waals surface area contributed by atoms with Crippen LogP contribution in [0.1, 0.15) is 0 Å². The van der Waals surface area contributed by atoms with Crippen LogP contribution in [0.5, 0.6) is 5.75 Å². The molecule has 0 amide bonds. The van der Waals surface area contributed by atoms with E-state index in [4.69, 9.17) is 9.88 Å². The second-order valence-electron chi connectivity index (χ2n) is 4.51. The van der Waals surface area contributed by atoms with Crippen LogP contribution in [-0.2, 0) is 0 Å². The van der Waals surface area contributed by atoms with E-state index in [-0.39, 0.29) is 0 Å². The van der Waals surface area contributed by atoms with Gasteiger partial charge in [-0.25, -0.2) is 9.97 Å². The highest BCUT2D eigenvalue weighted by Gasteiger charge is 2.06. The van der Waals surface area contributed by atoms with Gasteiger partial charge in [0.1, 0.15) is 5.75 Å². The van der Waals surface area contributed by atoms with Gasteiger partial charge in [-0.05, 0) is 58.2 Å². The molecule has 3 rings (SSSR count). The van der Waals surface area contributed by atoms with Gasteiger partial charge in [-0.1, -0.05) is 0 Å². The fourth-order valence-electron chi connectivity index (χ4n) is 1.99. The molecule has 0 saturated heterocycles. The number of nitrogens with two attached hydrogens (primary N) is 1. The van der Waals surface area contributed by atoms with E-state index < -0.39 is 0 Å². The molecule has 7 heteroatoms. The largest absolute Gasteiger partial charge is 0.495 e. The van der Waals surface area contributed by atoms with Crippen LogP contribution in [0.4, 0.5) is 11.6 Å². The molecule has 0 radical (unpaired) electrons. The van der Waals surface area contributed by atoms with E-state index in [0.717, 1.165) is 31.7 Å². The van der Waals surface area contributed by atoms with Gasteiger partial charge < -0.3 is 10.1 Å². The molecule has 0 bridgehead atoms. The van der Waals surface area contributed by atoms with Gasteiger partial charge in [-0.15, -0.1) is 0 Å². The van der Waals surface area contributed by atoms with E-state index in [1.165, 1.54) is 11.9 Å². The molecule has 0 aliphatic heterocycles. The summed E-state index contributed by atoms with van der Waals surface area (Å²) in [5.74, 6) is 1.27. The molecule has 1 aromatic heterocycles. The Balaban J connectivity index is 1.91. The van der Waals surface area contributed by atoms with Crippen molar-refractivity contribution in [2.45, 2.75) is 4.90 Å². The highest BCUT2D eigenvalue weighted by molar-refractivity contribution is 9.10. The van der Waals surface area contributed by atoms with E-state index in [9.17, 15) is 0 Å². The zero-order valence-corrected chi connectivity index (χ0v) is 14.1. The monoisotopic (exact) mass is 376 g/mol. The van der Waals surface area contributed by atoms with Crippen molar-refractivity contribution in [1.29, 1.82) is 0 Å². The molecule has 0 aliphatic carbocycles. The Morgan fingerprint density at radius 1 is 1.23 bits per heavy atom. The smallest absolute Gasteiger partial charge is 0.227 e. The first-order valence-electron chi connectivity index (χ1n) is 6.43. The number of hydrogen-bond acceptors (Lipinski definition) is 6. The summed E-state index contributed by atoms with van der Waals surface area (Å²) in [6.45, 7) is 0. The van der Waals surface area contributed by atoms with Crippen LogP contribution < -0.4 is 15.2 Å². The van der Waals surface area contributed by atoms with E-state index in [1.807, 2.05) is 36.4 Å². The molecule has 0 atom stereocenters. The zero-order chi connectivity index (χ0) is 15.5. The van der Waals surface area contributed by atoms with Gasteiger partial charge in [-0.2, -0.15) is 0 Å². The summed E-state index contributed by atoms with van der Waals surface area (Å²) in [7, 11) is 1.63. The van der Waals surface area contributed by atoms with Crippen molar-refractivity contribution < 1.29 is 4.74 Å². The lowest BCUT2D eigenvalue weighted by atomic mass is 10.2. The second-order valence-corrected chi connectivity index (χ2v) is 6.07. The van der Waals surface area contributed by atoms with Gasteiger partial charge >= 0.3 is 0 Å². The third-order valence-corrected chi connectivity index (χ3v) is 4.26. The SMILES string of the molecule is COc1cc2nc(Nc3ccc(SN)cc3)ncc2cc1Br. The van der Waals surface area contributed by atoms with Crippen LogP contribution in [-0.4, -0.2) is 17.1 Å². The Bertz CT molecular complexity index is 810. The number of anilines is 2. The number of ether oxygens (including phenoxy) is 1. The molecule has 112 valence electrons. The van der Waals surface area contributed by atoms with Crippen LogP contribution in [0.3, 0.4) is 0 Å². The summed E-state index contributed by atoms with van der Waals surface area (Å²) < 4.78 is 6.17. The molecule has 22 heavy (non-hydrogen) atoms. The number of nitrogens with zero attached hydrogens (tertiary/aromatic N) is 2. The molecule has 1 heterocycles. The Morgan fingerprint density at radius 3 is 2.68 bits per heavy atom. The van der Waals surface area contributed by atoms with Crippen molar-refractivity contribution in [2.24, 2.45) is 5.14 Å². The molecular formula is C15H13BrN4OS. The fraction of sp³-hybridized carbons (Fsp3) is 0.0667. The molecular weight excluding hydrogens is 364 g/mol. The van der Waals surface area contributed by atoms with Crippen LogP contribution >= 0.6 is 27.9 Å². The standard InChI is InChI=1S/C15H13BrN4OS/c1-21-14-7-13-9(6-12(14)16)8-18-15(20-13)19-10-2-4-11(22-17)5-3-10/h2-8H,17H2,1H3,(H,18,19,20). The molecule has 2 aromatic carbocycles. The summed E-state index contributed by atoms with van der Waals surface area (Å²) in [6, 6.07) is 11.6. The van der Waals surface area contributed by atoms with Gasteiger partial charge in [0.25, 0.3) is 0 Å². The van der Waals surface area contributed by atoms with E-state index in [1.54, 1.807) is 13.3 Å². The van der Waals surface area contributed by atoms with E-state index in [0.29, 0.717) is 5.95 Å². The minimum Gasteiger partial charge on any atom is -0.495 e. The van der Waals surface area contributed by atoms with Gasteiger partial charge in [0.05, 0.1) is 17.1 Å². The zero-order valence-electron chi connectivity index (χ0n) is 11.7. The fourth-order valence-corrected chi connectivity index (χ4v) is 2.81. The Hall–Kier alpha value is -1.83. The number of hydrogen-bond donors (Lipinski definition) is 2. The molecule has 0 saturated carbocycles. The maximum Gasteiger partial charge on any atom is 0.227 e. The van der Waals surface area contributed by atoms with Gasteiger partial charge in [0.15, 0.2) is 0 Å². The third kappa shape index (κ3) is 3.16. The summed E-state index contributed by atoms with van der Waals surface area (Å²) in [6.07, 6.45) is 1.78. The minimum absolute atomic E-state index is 0.532. The third-order valence-electron chi connectivity index (χ3n) is 3.10. The molecule has 0 spiro atoms. The van der Waals surface area contributed by atoms with Crippen molar-refractivity contribution in [3.63, 3.8) is 0 Å². The molecule has 5 nitrogen and oxygen atoms in total. The molecule has 3 aromatic rings. The first kappa shape index (κ1) is 15.1. The predicted octanol–water partition coefficient (Wildman–Crippen LogP) is 4.11. The average molecular weight is 377 g/mol. The number of benzene rings is 2. The maximum atomic E-state index is 5.51. The van der Waals surface area contributed by atoms with Crippen LogP contribution in [0.25, 0.3) is 10.9 Å². The maximum absolute atomic E-state index is 5.51. The summed E-state index contributed by atoms with van der Waals surface area (Å²) in [5.41, 5.74) is 1.72. The lowest BCUT2D eigenvalue weighted by molar-refractivity contribution is 0.412. The lowest BCUT2D eigenvalue weighted by Crippen LogP contribution is -1.97. The van der Waals surface area contributed by atoms with Gasteiger partial charge in [-0.3, -0.25) is 5.14 Å². The van der Waals surface area contributed by atoms with Crippen LogP contribution in [0, 0.1) is 0 Å². The van der Waals surface area contributed by atoms with Crippen molar-refractivity contribution in [3.05, 3.63) is 47.1 Å². The first-order chi connectivity index (χ1) is 10.7. The van der Waals surface area contributed by atoms with Gasteiger partial charge in [0, 0.05) is 28.2 Å². The Labute approximate surface area is 140 Å².